The first-order valence-corrected chi connectivity index (χ1v) is 4.81. The van der Waals surface area contributed by atoms with Crippen molar-refractivity contribution in [1.29, 1.82) is 0 Å². The van der Waals surface area contributed by atoms with Gasteiger partial charge in [0, 0.05) is 6.42 Å². The van der Waals surface area contributed by atoms with Gasteiger partial charge in [0.1, 0.15) is 5.82 Å². The van der Waals surface area contributed by atoms with Gasteiger partial charge in [-0.1, -0.05) is 12.1 Å². The Kier molecular flexibility index (Phi) is 2.34. The molecule has 1 aromatic carbocycles. The topological polar surface area (TPSA) is 38.3 Å². The van der Waals surface area contributed by atoms with Crippen LogP contribution in [0.1, 0.15) is 18.9 Å². The zero-order valence-corrected chi connectivity index (χ0v) is 8.42. The molecule has 1 N–H and O–H groups in total. The molecule has 1 amide bonds. The number of ether oxygens (including phenoxy) is 1. The third kappa shape index (κ3) is 1.93. The highest BCUT2D eigenvalue weighted by Gasteiger charge is 2.33. The molecule has 0 saturated carbocycles. The summed E-state index contributed by atoms with van der Waals surface area (Å²) < 4.78 is 17.8. The van der Waals surface area contributed by atoms with Gasteiger partial charge in [0.15, 0.2) is 0 Å². The average molecular weight is 209 g/mol. The van der Waals surface area contributed by atoms with Crippen molar-refractivity contribution in [2.75, 3.05) is 6.61 Å². The molecule has 1 atom stereocenters. The van der Waals surface area contributed by atoms with Crippen molar-refractivity contribution in [3.05, 3.63) is 35.6 Å². The minimum Gasteiger partial charge on any atom is -0.449 e. The van der Waals surface area contributed by atoms with Crippen LogP contribution in [-0.2, 0) is 10.3 Å². The van der Waals surface area contributed by atoms with E-state index in [1.807, 2.05) is 6.92 Å². The zero-order chi connectivity index (χ0) is 10.9. The van der Waals surface area contributed by atoms with Crippen LogP contribution in [0.15, 0.2) is 24.3 Å². The molecule has 1 aliphatic heterocycles. The van der Waals surface area contributed by atoms with E-state index in [0.29, 0.717) is 13.0 Å². The second-order valence-corrected chi connectivity index (χ2v) is 3.85. The number of carbonyl (C=O) groups excluding carboxylic acids is 1. The largest absolute Gasteiger partial charge is 0.449 e. The Morgan fingerprint density at radius 1 is 1.53 bits per heavy atom. The molecule has 0 bridgehead atoms. The summed E-state index contributed by atoms with van der Waals surface area (Å²) in [6.45, 7) is 2.22. The molecule has 1 saturated heterocycles. The number of rotatable bonds is 1. The summed E-state index contributed by atoms with van der Waals surface area (Å²) in [5.74, 6) is -0.297. The van der Waals surface area contributed by atoms with Gasteiger partial charge in [-0.05, 0) is 24.6 Å². The zero-order valence-electron chi connectivity index (χ0n) is 8.42. The maximum atomic E-state index is 13.0. The van der Waals surface area contributed by atoms with Crippen LogP contribution in [-0.4, -0.2) is 12.7 Å². The summed E-state index contributed by atoms with van der Waals surface area (Å²) in [6.07, 6.45) is 0.190. The van der Waals surface area contributed by atoms with Crippen LogP contribution < -0.4 is 5.32 Å². The first-order chi connectivity index (χ1) is 7.10. The summed E-state index contributed by atoms with van der Waals surface area (Å²) in [6, 6.07) is 6.26. The van der Waals surface area contributed by atoms with Gasteiger partial charge >= 0.3 is 6.09 Å². The number of carbonyl (C=O) groups is 1. The third-order valence-electron chi connectivity index (χ3n) is 2.67. The fraction of sp³-hybridized carbons (Fsp3) is 0.364. The summed E-state index contributed by atoms with van der Waals surface area (Å²) in [5, 5.41) is 2.71. The first-order valence-electron chi connectivity index (χ1n) is 4.81. The fourth-order valence-electron chi connectivity index (χ4n) is 1.72. The van der Waals surface area contributed by atoms with Crippen LogP contribution >= 0.6 is 0 Å². The quantitative estimate of drug-likeness (QED) is 0.769. The van der Waals surface area contributed by atoms with Gasteiger partial charge < -0.3 is 10.1 Å². The van der Waals surface area contributed by atoms with Crippen LogP contribution in [0.4, 0.5) is 9.18 Å². The Bertz CT molecular complexity index is 394. The number of alkyl carbamates (subject to hydrolysis) is 1. The minimum atomic E-state index is -0.530. The van der Waals surface area contributed by atoms with Crippen molar-refractivity contribution < 1.29 is 13.9 Å². The molecular formula is C11H12FNO2. The molecule has 0 radical (unpaired) electrons. The highest BCUT2D eigenvalue weighted by Crippen LogP contribution is 2.27. The predicted molar refractivity (Wildman–Crippen MR) is 52.9 cm³/mol. The lowest BCUT2D eigenvalue weighted by Gasteiger charge is -2.34. The Hall–Kier alpha value is -1.58. The summed E-state index contributed by atoms with van der Waals surface area (Å²) in [4.78, 5) is 11.1. The number of hydrogen-bond acceptors (Lipinski definition) is 2. The first kappa shape index (κ1) is 9.96. The number of cyclic esters (lactones) is 1. The number of halogens is 1. The molecule has 1 fully saturated rings. The second kappa shape index (κ2) is 3.53. The van der Waals surface area contributed by atoms with E-state index in [1.165, 1.54) is 12.1 Å². The van der Waals surface area contributed by atoms with E-state index >= 15 is 0 Å². The van der Waals surface area contributed by atoms with Crippen LogP contribution in [0, 0.1) is 5.82 Å². The fourth-order valence-corrected chi connectivity index (χ4v) is 1.72. The molecule has 3 nitrogen and oxygen atoms in total. The lowest BCUT2D eigenvalue weighted by molar-refractivity contribution is 0.0915. The Balaban J connectivity index is 2.32. The van der Waals surface area contributed by atoms with E-state index in [1.54, 1.807) is 12.1 Å². The van der Waals surface area contributed by atoms with Crippen LogP contribution in [0.2, 0.25) is 0 Å². The highest BCUT2D eigenvalue weighted by atomic mass is 19.1. The Labute approximate surface area is 87.2 Å². The van der Waals surface area contributed by atoms with Crippen LogP contribution in [0.3, 0.4) is 0 Å². The van der Waals surface area contributed by atoms with Crippen molar-refractivity contribution in [3.8, 4) is 0 Å². The number of nitrogens with one attached hydrogen (secondary N) is 1. The van der Waals surface area contributed by atoms with Gasteiger partial charge in [0.05, 0.1) is 12.1 Å². The summed E-state index contributed by atoms with van der Waals surface area (Å²) >= 11 is 0. The highest BCUT2D eigenvalue weighted by molar-refractivity contribution is 5.69. The van der Waals surface area contributed by atoms with Crippen LogP contribution in [0.5, 0.6) is 0 Å². The van der Waals surface area contributed by atoms with Crippen molar-refractivity contribution in [2.45, 2.75) is 18.9 Å². The van der Waals surface area contributed by atoms with Gasteiger partial charge in [0.2, 0.25) is 0 Å². The molecule has 0 aliphatic carbocycles. The number of benzene rings is 1. The van der Waals surface area contributed by atoms with Gasteiger partial charge in [-0.25, -0.2) is 9.18 Å². The van der Waals surface area contributed by atoms with E-state index in [2.05, 4.69) is 5.32 Å². The normalized spacial score (nSPS) is 25.6. The second-order valence-electron chi connectivity index (χ2n) is 3.85. The lowest BCUT2D eigenvalue weighted by Crippen LogP contribution is -2.48. The molecule has 80 valence electrons. The van der Waals surface area contributed by atoms with Crippen molar-refractivity contribution in [1.82, 2.24) is 5.32 Å². The van der Waals surface area contributed by atoms with Crippen molar-refractivity contribution >= 4 is 6.09 Å². The molecular weight excluding hydrogens is 197 g/mol. The molecule has 4 heteroatoms. The monoisotopic (exact) mass is 209 g/mol. The Morgan fingerprint density at radius 3 is 3.00 bits per heavy atom. The predicted octanol–water partition coefficient (Wildman–Crippen LogP) is 2.17. The molecule has 0 spiro atoms. The SMILES string of the molecule is CC1(c2cccc(F)c2)CCOC(=O)N1. The van der Waals surface area contributed by atoms with E-state index in [-0.39, 0.29) is 5.82 Å². The Morgan fingerprint density at radius 2 is 2.33 bits per heavy atom. The summed E-state index contributed by atoms with van der Waals surface area (Å²) in [5.41, 5.74) is 0.233. The van der Waals surface area contributed by atoms with Crippen LogP contribution in [0.25, 0.3) is 0 Å². The maximum absolute atomic E-state index is 13.0. The third-order valence-corrected chi connectivity index (χ3v) is 2.67. The standard InChI is InChI=1S/C11H12FNO2/c1-11(5-6-15-10(14)13-11)8-3-2-4-9(12)7-8/h2-4,7H,5-6H2,1H3,(H,13,14). The van der Waals surface area contributed by atoms with Gasteiger partial charge in [0.25, 0.3) is 0 Å². The molecule has 1 heterocycles. The van der Waals surface area contributed by atoms with Gasteiger partial charge in [-0.15, -0.1) is 0 Å². The number of amides is 1. The molecule has 2 rings (SSSR count). The van der Waals surface area contributed by atoms with E-state index in [4.69, 9.17) is 4.74 Å². The average Bonchev–Trinajstić information content (AvgIpc) is 2.17. The van der Waals surface area contributed by atoms with E-state index in [0.717, 1.165) is 5.56 Å². The maximum Gasteiger partial charge on any atom is 0.407 e. The molecule has 1 unspecified atom stereocenters. The van der Waals surface area contributed by atoms with Crippen molar-refractivity contribution in [3.63, 3.8) is 0 Å². The molecule has 1 aliphatic rings. The smallest absolute Gasteiger partial charge is 0.407 e. The van der Waals surface area contributed by atoms with Crippen molar-refractivity contribution in [2.24, 2.45) is 0 Å². The number of hydrogen-bond donors (Lipinski definition) is 1. The molecule has 1 aromatic rings. The lowest BCUT2D eigenvalue weighted by atomic mass is 9.88. The van der Waals surface area contributed by atoms with Gasteiger partial charge in [-0.2, -0.15) is 0 Å². The minimum absolute atomic E-state index is 0.297. The van der Waals surface area contributed by atoms with E-state index < -0.39 is 11.6 Å². The van der Waals surface area contributed by atoms with E-state index in [9.17, 15) is 9.18 Å². The molecule has 0 aromatic heterocycles. The van der Waals surface area contributed by atoms with Gasteiger partial charge in [-0.3, -0.25) is 0 Å². The molecule has 15 heavy (non-hydrogen) atoms. The summed E-state index contributed by atoms with van der Waals surface area (Å²) in [7, 11) is 0.